The van der Waals surface area contributed by atoms with Crippen LogP contribution < -0.4 is 0 Å². The number of benzene rings is 1. The van der Waals surface area contributed by atoms with Gasteiger partial charge in [-0.25, -0.2) is 0 Å². The van der Waals surface area contributed by atoms with Crippen molar-refractivity contribution in [2.45, 2.75) is 38.9 Å². The summed E-state index contributed by atoms with van der Waals surface area (Å²) in [6.07, 6.45) is 3.23. The van der Waals surface area contributed by atoms with E-state index in [-0.39, 0.29) is 6.10 Å². The maximum absolute atomic E-state index is 5.73. The summed E-state index contributed by atoms with van der Waals surface area (Å²) in [4.78, 5) is 0. The van der Waals surface area contributed by atoms with Crippen molar-refractivity contribution in [3.8, 4) is 0 Å². The van der Waals surface area contributed by atoms with Gasteiger partial charge in [-0.05, 0) is 18.9 Å². The molecule has 3 nitrogen and oxygen atoms in total. The second kappa shape index (κ2) is 9.61. The van der Waals surface area contributed by atoms with Crippen LogP contribution >= 0.6 is 53.0 Å². The third-order valence-electron chi connectivity index (χ3n) is 2.93. The second-order valence-electron chi connectivity index (χ2n) is 5.40. The van der Waals surface area contributed by atoms with Crippen molar-refractivity contribution in [3.05, 3.63) is 35.9 Å². The Kier molecular flexibility index (Phi) is 9.32. The number of rotatable bonds is 5. The van der Waals surface area contributed by atoms with Gasteiger partial charge in [-0.1, -0.05) is 30.3 Å². The standard InChI is InChI=1S/C15H21O3.6ClH.Sb/c1-2-17-15-10-6-9-14(18-15)12-16-11-13-7-4-3-5-8-13;;;;;;;/h3-5,7-8,14H,2,6,9-12H2,1H3;6*1H;/q+1;;;;;;;+5/p-6/t14-;;;;;;;/m0......./s1. The normalized spacial score (nSPS) is 22.2. The first kappa shape index (κ1) is 24.2. The molecule has 25 heavy (non-hydrogen) atoms. The van der Waals surface area contributed by atoms with E-state index in [1.165, 1.54) is 5.56 Å². The molecular formula is C15H21Cl6O3Sb. The van der Waals surface area contributed by atoms with Crippen LogP contribution in [0.5, 0.6) is 0 Å². The van der Waals surface area contributed by atoms with Gasteiger partial charge in [0.2, 0.25) is 6.10 Å². The van der Waals surface area contributed by atoms with Gasteiger partial charge < -0.3 is 13.9 Å². The average Bonchev–Trinajstić information content (AvgIpc) is 2.46. The van der Waals surface area contributed by atoms with E-state index in [4.69, 9.17) is 66.9 Å². The van der Waals surface area contributed by atoms with Crippen LogP contribution in [0, 0.1) is 0 Å². The van der Waals surface area contributed by atoms with Gasteiger partial charge >= 0.3 is 68.1 Å². The molecule has 0 bridgehead atoms. The first-order chi connectivity index (χ1) is 11.3. The van der Waals surface area contributed by atoms with Crippen molar-refractivity contribution in [1.29, 1.82) is 0 Å². The third-order valence-corrected chi connectivity index (χ3v) is 2.93. The molecule has 1 heterocycles. The predicted octanol–water partition coefficient (Wildman–Crippen LogP) is 6.61. The van der Waals surface area contributed by atoms with E-state index in [1.54, 1.807) is 0 Å². The summed E-state index contributed by atoms with van der Waals surface area (Å²) < 4.78 is 16.8. The first-order valence-corrected chi connectivity index (χ1v) is 27.1. The molecule has 1 aliphatic rings. The molecule has 0 aliphatic carbocycles. The summed E-state index contributed by atoms with van der Waals surface area (Å²) >= 11 is 0. The molecule has 0 N–H and O–H groups in total. The van der Waals surface area contributed by atoms with E-state index in [2.05, 4.69) is 12.1 Å². The maximum atomic E-state index is 5.73. The fraction of sp³-hybridized carbons (Fsp3) is 0.533. The van der Waals surface area contributed by atoms with E-state index in [1.807, 2.05) is 25.1 Å². The molecule has 146 valence electrons. The van der Waals surface area contributed by atoms with Crippen molar-refractivity contribution in [2.75, 3.05) is 13.2 Å². The zero-order chi connectivity index (χ0) is 19.0. The quantitative estimate of drug-likeness (QED) is 0.222. The minimum atomic E-state index is -5.42. The summed E-state index contributed by atoms with van der Waals surface area (Å²) in [6.45, 7) is 3.93. The van der Waals surface area contributed by atoms with Crippen LogP contribution in [0.4, 0.5) is 0 Å². The number of halogens is 6. The minimum absolute atomic E-state index is 0.143. The van der Waals surface area contributed by atoms with Gasteiger partial charge in [0.25, 0.3) is 0 Å². The number of hydrogen-bond donors (Lipinski definition) is 0. The van der Waals surface area contributed by atoms with Crippen molar-refractivity contribution >= 4 is 68.1 Å². The number of ether oxygens (including phenoxy) is 2. The molecule has 0 radical (unpaired) electrons. The average molecular weight is 584 g/mol. The van der Waals surface area contributed by atoms with Crippen LogP contribution in [-0.4, -0.2) is 34.4 Å². The monoisotopic (exact) mass is 580 g/mol. The van der Waals surface area contributed by atoms with Crippen LogP contribution in [-0.2, 0) is 20.5 Å². The van der Waals surface area contributed by atoms with Crippen LogP contribution in [0.2, 0.25) is 0 Å². The molecule has 1 aromatic rings. The first-order valence-electron chi connectivity index (χ1n) is 7.67. The Morgan fingerprint density at radius 3 is 2.28 bits per heavy atom. The molecule has 0 unspecified atom stereocenters. The Labute approximate surface area is 168 Å². The van der Waals surface area contributed by atoms with Gasteiger partial charge in [-0.3, -0.25) is 0 Å². The van der Waals surface area contributed by atoms with Crippen molar-refractivity contribution < 1.29 is 13.9 Å². The Hall–Kier alpha value is 1.21. The van der Waals surface area contributed by atoms with E-state index in [0.717, 1.165) is 25.2 Å². The molecule has 0 spiro atoms. The van der Waals surface area contributed by atoms with Crippen LogP contribution in [0.3, 0.4) is 0 Å². The van der Waals surface area contributed by atoms with Crippen molar-refractivity contribution in [1.82, 2.24) is 0 Å². The zero-order valence-corrected chi connectivity index (χ0v) is 20.7. The molecule has 2 rings (SSSR count). The molecule has 1 fully saturated rings. The topological polar surface area (TPSA) is 29.8 Å². The summed E-state index contributed by atoms with van der Waals surface area (Å²) in [5, 5.41) is 0. The predicted molar refractivity (Wildman–Crippen MR) is 111 cm³/mol. The van der Waals surface area contributed by atoms with E-state index in [9.17, 15) is 0 Å². The fourth-order valence-corrected chi connectivity index (χ4v) is 2.04. The zero-order valence-electron chi connectivity index (χ0n) is 13.6. The number of hydrogen-bond acceptors (Lipinski definition) is 2. The molecule has 1 aromatic carbocycles. The van der Waals surface area contributed by atoms with Crippen LogP contribution in [0.15, 0.2) is 30.3 Å². The van der Waals surface area contributed by atoms with Crippen LogP contribution in [0.25, 0.3) is 0 Å². The van der Waals surface area contributed by atoms with Gasteiger partial charge in [0.15, 0.2) is 6.61 Å². The summed E-state index contributed by atoms with van der Waals surface area (Å²) in [5.41, 5.74) is 1.20. The SMILES string of the molecule is CC[O+]=C1CCC[C@@H](COCc2ccccc2)O1.[Cl][Sb-]([Cl])([Cl])([Cl])([Cl])[Cl]. The van der Waals surface area contributed by atoms with E-state index >= 15 is 0 Å². The molecule has 0 aromatic heterocycles. The molecule has 0 amide bonds. The van der Waals surface area contributed by atoms with E-state index < -0.39 is 9.14 Å². The molecule has 1 saturated heterocycles. The Bertz CT molecular complexity index is 548. The molecule has 1 atom stereocenters. The Balaban J connectivity index is 0.000000381. The Morgan fingerprint density at radius 2 is 1.72 bits per heavy atom. The second-order valence-corrected chi connectivity index (χ2v) is 62.3. The van der Waals surface area contributed by atoms with Crippen molar-refractivity contribution in [3.63, 3.8) is 0 Å². The number of esters is 1. The van der Waals surface area contributed by atoms with Gasteiger partial charge in [0.05, 0.1) is 6.61 Å². The van der Waals surface area contributed by atoms with Crippen molar-refractivity contribution in [2.24, 2.45) is 0 Å². The summed E-state index contributed by atoms with van der Waals surface area (Å²) in [7, 11) is 25.0. The summed E-state index contributed by atoms with van der Waals surface area (Å²) in [6, 6.07) is 10.2. The van der Waals surface area contributed by atoms with E-state index in [0.29, 0.717) is 19.8 Å². The Morgan fingerprint density at radius 1 is 1.12 bits per heavy atom. The molecular weight excluding hydrogens is 563 g/mol. The van der Waals surface area contributed by atoms with Gasteiger partial charge in [0.1, 0.15) is 13.0 Å². The molecule has 10 heteroatoms. The number of carbonyl (C=O) groups excluding carboxylic acids is 1. The van der Waals surface area contributed by atoms with Gasteiger partial charge in [-0.15, -0.1) is 0 Å². The molecule has 1 aliphatic heterocycles. The van der Waals surface area contributed by atoms with Gasteiger partial charge in [-0.2, -0.15) is 0 Å². The fourth-order valence-electron chi connectivity index (χ4n) is 2.04. The van der Waals surface area contributed by atoms with Gasteiger partial charge in [0, 0.05) is 6.42 Å². The summed E-state index contributed by atoms with van der Waals surface area (Å²) in [5.74, 6) is 0.775. The number of cyclic esters (lactones) is 1. The molecule has 0 saturated carbocycles. The van der Waals surface area contributed by atoms with Crippen LogP contribution in [0.1, 0.15) is 31.7 Å². The third kappa shape index (κ3) is 17.1.